The lowest BCUT2D eigenvalue weighted by Gasteiger charge is -1.98. The van der Waals surface area contributed by atoms with Crippen molar-refractivity contribution in [1.29, 1.82) is 0 Å². The Labute approximate surface area is 125 Å². The van der Waals surface area contributed by atoms with E-state index in [0.717, 1.165) is 4.90 Å². The molecule has 1 aromatic heterocycles. The van der Waals surface area contributed by atoms with Gasteiger partial charge in [0.25, 0.3) is 0 Å². The van der Waals surface area contributed by atoms with Crippen molar-refractivity contribution in [2.75, 3.05) is 20.5 Å². The van der Waals surface area contributed by atoms with E-state index < -0.39 is 11.9 Å². The molecule has 0 bridgehead atoms. The molecule has 110 valence electrons. The molecule has 0 fully saturated rings. The van der Waals surface area contributed by atoms with Crippen LogP contribution in [0.25, 0.3) is 11.5 Å². The lowest BCUT2D eigenvalue weighted by molar-refractivity contribution is 0.0527. The lowest BCUT2D eigenvalue weighted by atomic mass is 10.2. The smallest absolute Gasteiger partial charge is 0.376 e. The van der Waals surface area contributed by atoms with Gasteiger partial charge in [0, 0.05) is 10.5 Å². The number of rotatable bonds is 4. The number of carbonyl (C=O) groups excluding carboxylic acids is 2. The monoisotopic (exact) mass is 307 g/mol. The fraction of sp³-hybridized carbons (Fsp3) is 0.214. The molecule has 0 aliphatic carbocycles. The van der Waals surface area contributed by atoms with Gasteiger partial charge in [-0.15, -0.1) is 11.8 Å². The van der Waals surface area contributed by atoms with Gasteiger partial charge in [0.2, 0.25) is 17.3 Å². The zero-order valence-electron chi connectivity index (χ0n) is 11.7. The summed E-state index contributed by atoms with van der Waals surface area (Å²) in [6.45, 7) is 0. The van der Waals surface area contributed by atoms with Gasteiger partial charge >= 0.3 is 11.9 Å². The molecule has 0 spiro atoms. The van der Waals surface area contributed by atoms with Crippen molar-refractivity contribution in [2.24, 2.45) is 0 Å². The minimum absolute atomic E-state index is 0.156. The van der Waals surface area contributed by atoms with Crippen LogP contribution in [-0.4, -0.2) is 37.4 Å². The number of oxazole rings is 1. The van der Waals surface area contributed by atoms with Crippen LogP contribution in [0.3, 0.4) is 0 Å². The Kier molecular flexibility index (Phi) is 4.64. The summed E-state index contributed by atoms with van der Waals surface area (Å²) in [5.74, 6) is -1.65. The highest BCUT2D eigenvalue weighted by atomic mass is 32.2. The molecule has 0 N–H and O–H groups in total. The predicted molar refractivity (Wildman–Crippen MR) is 76.4 cm³/mol. The highest BCUT2D eigenvalue weighted by Gasteiger charge is 2.27. The van der Waals surface area contributed by atoms with Crippen molar-refractivity contribution in [3.8, 4) is 11.5 Å². The van der Waals surface area contributed by atoms with Gasteiger partial charge in [-0.05, 0) is 30.5 Å². The number of carbonyl (C=O) groups is 2. The van der Waals surface area contributed by atoms with Crippen molar-refractivity contribution in [1.82, 2.24) is 4.98 Å². The number of thioether (sulfide) groups is 1. The minimum Gasteiger partial charge on any atom is -0.464 e. The van der Waals surface area contributed by atoms with Crippen LogP contribution in [0.1, 0.15) is 21.0 Å². The highest BCUT2D eigenvalue weighted by Crippen LogP contribution is 2.25. The number of nitrogens with zero attached hydrogens (tertiary/aromatic N) is 1. The van der Waals surface area contributed by atoms with Gasteiger partial charge < -0.3 is 13.9 Å². The number of ether oxygens (including phenoxy) is 2. The van der Waals surface area contributed by atoms with Crippen LogP contribution >= 0.6 is 11.8 Å². The molecule has 1 heterocycles. The van der Waals surface area contributed by atoms with Gasteiger partial charge in [-0.25, -0.2) is 14.6 Å². The summed E-state index contributed by atoms with van der Waals surface area (Å²) in [5, 5.41) is 0. The molecule has 7 heteroatoms. The van der Waals surface area contributed by atoms with E-state index in [1.54, 1.807) is 23.9 Å². The largest absolute Gasteiger partial charge is 0.464 e. The minimum atomic E-state index is -0.783. The summed E-state index contributed by atoms with van der Waals surface area (Å²) in [6, 6.07) is 7.36. The molecule has 0 unspecified atom stereocenters. The van der Waals surface area contributed by atoms with Crippen LogP contribution in [0.15, 0.2) is 33.6 Å². The van der Waals surface area contributed by atoms with Gasteiger partial charge in [-0.1, -0.05) is 0 Å². The van der Waals surface area contributed by atoms with E-state index in [4.69, 9.17) is 4.42 Å². The Morgan fingerprint density at radius 2 is 1.71 bits per heavy atom. The van der Waals surface area contributed by atoms with E-state index in [1.165, 1.54) is 14.2 Å². The molecule has 21 heavy (non-hydrogen) atoms. The molecule has 0 aliphatic heterocycles. The van der Waals surface area contributed by atoms with Crippen molar-refractivity contribution < 1.29 is 23.5 Å². The first-order chi connectivity index (χ1) is 10.1. The molecule has 6 nitrogen and oxygen atoms in total. The Balaban J connectivity index is 2.46. The Morgan fingerprint density at radius 3 is 2.24 bits per heavy atom. The average molecular weight is 307 g/mol. The summed E-state index contributed by atoms with van der Waals surface area (Å²) < 4.78 is 14.5. The lowest BCUT2D eigenvalue weighted by Crippen LogP contribution is -2.10. The Bertz CT molecular complexity index is 629. The third kappa shape index (κ3) is 3.08. The van der Waals surface area contributed by atoms with Crippen LogP contribution in [0.4, 0.5) is 0 Å². The number of hydrogen-bond donors (Lipinski definition) is 0. The summed E-state index contributed by atoms with van der Waals surface area (Å²) in [6.07, 6.45) is 1.96. The van der Waals surface area contributed by atoms with Crippen LogP contribution in [0.2, 0.25) is 0 Å². The molecule has 1 aromatic carbocycles. The topological polar surface area (TPSA) is 78.6 Å². The molecule has 0 saturated carbocycles. The molecule has 2 aromatic rings. The first-order valence-corrected chi connectivity index (χ1v) is 7.15. The maximum Gasteiger partial charge on any atom is 0.376 e. The fourth-order valence-electron chi connectivity index (χ4n) is 1.64. The number of aromatic nitrogens is 1. The maximum absolute atomic E-state index is 11.6. The van der Waals surface area contributed by atoms with Gasteiger partial charge in [-0.2, -0.15) is 0 Å². The first-order valence-electron chi connectivity index (χ1n) is 5.92. The number of methoxy groups -OCH3 is 2. The first kappa shape index (κ1) is 15.1. The van der Waals surface area contributed by atoms with Crippen molar-refractivity contribution >= 4 is 23.7 Å². The van der Waals surface area contributed by atoms with Gasteiger partial charge in [0.15, 0.2) is 0 Å². The second-order valence-corrected chi connectivity index (χ2v) is 4.79. The van der Waals surface area contributed by atoms with Crippen molar-refractivity contribution in [2.45, 2.75) is 4.90 Å². The third-order valence-corrected chi connectivity index (χ3v) is 3.46. The number of esters is 2. The summed E-state index contributed by atoms with van der Waals surface area (Å²) in [7, 11) is 2.39. The molecule has 2 rings (SSSR count). The zero-order chi connectivity index (χ0) is 15.4. The van der Waals surface area contributed by atoms with E-state index in [0.29, 0.717) is 5.56 Å². The summed E-state index contributed by atoms with van der Waals surface area (Å²) in [5.41, 5.74) is 0.446. The van der Waals surface area contributed by atoms with Crippen LogP contribution < -0.4 is 0 Å². The van der Waals surface area contributed by atoms with Crippen LogP contribution in [-0.2, 0) is 9.47 Å². The average Bonchev–Trinajstić information content (AvgIpc) is 2.98. The molecule has 0 radical (unpaired) electrons. The molecular formula is C14H13NO5S. The molecule has 0 amide bonds. The second-order valence-electron chi connectivity index (χ2n) is 3.91. The van der Waals surface area contributed by atoms with Crippen LogP contribution in [0, 0.1) is 0 Å². The van der Waals surface area contributed by atoms with E-state index in [-0.39, 0.29) is 17.3 Å². The fourth-order valence-corrected chi connectivity index (χ4v) is 2.05. The van der Waals surface area contributed by atoms with E-state index in [1.807, 2.05) is 18.4 Å². The van der Waals surface area contributed by atoms with Crippen LogP contribution in [0.5, 0.6) is 0 Å². The standard InChI is InChI=1S/C14H13NO5S/c1-18-13(16)10-11(14(17)19-2)20-12(15-10)8-4-6-9(21-3)7-5-8/h4-7H,1-3H3. The quantitative estimate of drug-likeness (QED) is 0.634. The molecule has 0 atom stereocenters. The maximum atomic E-state index is 11.6. The highest BCUT2D eigenvalue weighted by molar-refractivity contribution is 7.98. The molecule has 0 saturated heterocycles. The Hall–Kier alpha value is -2.28. The normalized spacial score (nSPS) is 10.2. The SMILES string of the molecule is COC(=O)c1nc(-c2ccc(SC)cc2)oc1C(=O)OC. The van der Waals surface area contributed by atoms with E-state index in [9.17, 15) is 9.59 Å². The van der Waals surface area contributed by atoms with Gasteiger partial charge in [0.05, 0.1) is 14.2 Å². The summed E-state index contributed by atoms with van der Waals surface area (Å²) in [4.78, 5) is 28.4. The van der Waals surface area contributed by atoms with Crippen molar-refractivity contribution in [3.05, 3.63) is 35.7 Å². The van der Waals surface area contributed by atoms with Crippen molar-refractivity contribution in [3.63, 3.8) is 0 Å². The number of benzene rings is 1. The zero-order valence-corrected chi connectivity index (χ0v) is 12.5. The Morgan fingerprint density at radius 1 is 1.10 bits per heavy atom. The van der Waals surface area contributed by atoms with E-state index in [2.05, 4.69) is 14.5 Å². The third-order valence-electron chi connectivity index (χ3n) is 2.71. The summed E-state index contributed by atoms with van der Waals surface area (Å²) >= 11 is 1.60. The van der Waals surface area contributed by atoms with Gasteiger partial charge in [-0.3, -0.25) is 0 Å². The molecule has 0 aliphatic rings. The second kappa shape index (κ2) is 6.45. The molecular weight excluding hydrogens is 294 g/mol. The predicted octanol–water partition coefficient (Wildman–Crippen LogP) is 2.64. The van der Waals surface area contributed by atoms with Gasteiger partial charge in [0.1, 0.15) is 0 Å². The van der Waals surface area contributed by atoms with E-state index >= 15 is 0 Å². The number of hydrogen-bond acceptors (Lipinski definition) is 7.